The number of aryl methyl sites for hydroxylation is 1. The van der Waals surface area contributed by atoms with Crippen LogP contribution in [0.1, 0.15) is 17.7 Å². The number of aliphatic carboxylic acids is 1. The maximum atomic E-state index is 12.2. The molecule has 0 saturated heterocycles. The van der Waals surface area contributed by atoms with Crippen molar-refractivity contribution in [1.82, 2.24) is 4.98 Å². The number of hydrogen-bond acceptors (Lipinski definition) is 3. The molecule has 3 N–H and O–H groups in total. The van der Waals surface area contributed by atoms with Crippen molar-refractivity contribution in [3.63, 3.8) is 0 Å². The topological polar surface area (TPSA) is 76.2 Å². The Kier molecular flexibility index (Phi) is 4.06. The van der Waals surface area contributed by atoms with E-state index in [1.165, 1.54) is 6.07 Å². The van der Waals surface area contributed by atoms with Crippen molar-refractivity contribution < 1.29 is 23.1 Å². The van der Waals surface area contributed by atoms with Crippen molar-refractivity contribution in [1.29, 1.82) is 0 Å². The molecule has 1 atom stereocenters. The van der Waals surface area contributed by atoms with E-state index in [1.807, 2.05) is 0 Å². The lowest BCUT2D eigenvalue weighted by Crippen LogP contribution is -2.30. The second kappa shape index (κ2) is 5.13. The number of rotatable bonds is 4. The van der Waals surface area contributed by atoms with Crippen molar-refractivity contribution in [2.24, 2.45) is 5.73 Å². The van der Waals surface area contributed by atoms with Gasteiger partial charge in [-0.3, -0.25) is 9.78 Å². The molecule has 0 bridgehead atoms. The van der Waals surface area contributed by atoms with Crippen LogP contribution in [0, 0.1) is 0 Å². The fourth-order valence-electron chi connectivity index (χ4n) is 1.17. The van der Waals surface area contributed by atoms with Gasteiger partial charge in [-0.1, -0.05) is 0 Å². The largest absolute Gasteiger partial charge is 0.480 e. The lowest BCUT2D eigenvalue weighted by molar-refractivity contribution is -0.139. The standard InChI is InChI=1S/C10H11F3N2O2/c11-10(12,13)6-1-2-7(15-5-6)3-4-8(14)9(16)17/h1-2,5,8H,3-4,14H2,(H,16,17). The summed E-state index contributed by atoms with van der Waals surface area (Å²) < 4.78 is 36.6. The highest BCUT2D eigenvalue weighted by Gasteiger charge is 2.30. The minimum Gasteiger partial charge on any atom is -0.480 e. The number of carboxylic acid groups (broad SMARTS) is 1. The third-order valence-corrected chi connectivity index (χ3v) is 2.18. The summed E-state index contributed by atoms with van der Waals surface area (Å²) in [6, 6.07) is 1.10. The van der Waals surface area contributed by atoms with Gasteiger partial charge in [0.15, 0.2) is 0 Å². The quantitative estimate of drug-likeness (QED) is 0.845. The van der Waals surface area contributed by atoms with Crippen molar-refractivity contribution in [2.45, 2.75) is 25.1 Å². The highest BCUT2D eigenvalue weighted by Crippen LogP contribution is 2.28. The zero-order chi connectivity index (χ0) is 13.1. The van der Waals surface area contributed by atoms with Gasteiger partial charge in [0.2, 0.25) is 0 Å². The van der Waals surface area contributed by atoms with E-state index in [2.05, 4.69) is 4.98 Å². The smallest absolute Gasteiger partial charge is 0.417 e. The van der Waals surface area contributed by atoms with Gasteiger partial charge in [-0.2, -0.15) is 13.2 Å². The van der Waals surface area contributed by atoms with Crippen LogP contribution in [0.5, 0.6) is 0 Å². The van der Waals surface area contributed by atoms with Crippen LogP contribution >= 0.6 is 0 Å². The zero-order valence-corrected chi connectivity index (χ0v) is 8.74. The molecule has 1 aromatic heterocycles. The van der Waals surface area contributed by atoms with E-state index in [-0.39, 0.29) is 12.8 Å². The summed E-state index contributed by atoms with van der Waals surface area (Å²) in [6.07, 6.45) is -3.33. The van der Waals surface area contributed by atoms with Crippen LogP contribution in [0.3, 0.4) is 0 Å². The van der Waals surface area contributed by atoms with Gasteiger partial charge in [-0.15, -0.1) is 0 Å². The minimum absolute atomic E-state index is 0.133. The van der Waals surface area contributed by atoms with Gasteiger partial charge in [-0.25, -0.2) is 0 Å². The number of aromatic nitrogens is 1. The second-order valence-electron chi connectivity index (χ2n) is 3.52. The first-order chi connectivity index (χ1) is 7.80. The Balaban J connectivity index is 2.60. The average molecular weight is 248 g/mol. The molecule has 0 aliphatic rings. The van der Waals surface area contributed by atoms with Crippen LogP contribution in [0.4, 0.5) is 13.2 Å². The van der Waals surface area contributed by atoms with Crippen molar-refractivity contribution >= 4 is 5.97 Å². The fourth-order valence-corrected chi connectivity index (χ4v) is 1.17. The minimum atomic E-state index is -4.41. The first-order valence-corrected chi connectivity index (χ1v) is 4.81. The van der Waals surface area contributed by atoms with E-state index < -0.39 is 23.8 Å². The molecule has 1 rings (SSSR count). The second-order valence-corrected chi connectivity index (χ2v) is 3.52. The summed E-state index contributed by atoms with van der Waals surface area (Å²) in [6.45, 7) is 0. The normalized spacial score (nSPS) is 13.4. The summed E-state index contributed by atoms with van der Waals surface area (Å²) in [5, 5.41) is 8.52. The molecule has 1 heterocycles. The van der Waals surface area contributed by atoms with E-state index in [0.29, 0.717) is 5.69 Å². The predicted molar refractivity (Wildman–Crippen MR) is 53.2 cm³/mol. The molecular formula is C10H11F3N2O2. The third kappa shape index (κ3) is 4.03. The maximum Gasteiger partial charge on any atom is 0.417 e. The monoisotopic (exact) mass is 248 g/mol. The Morgan fingerprint density at radius 3 is 2.53 bits per heavy atom. The van der Waals surface area contributed by atoms with E-state index in [0.717, 1.165) is 12.3 Å². The number of pyridine rings is 1. The van der Waals surface area contributed by atoms with Crippen molar-refractivity contribution in [3.8, 4) is 0 Å². The molecule has 0 spiro atoms. The van der Waals surface area contributed by atoms with Gasteiger partial charge >= 0.3 is 12.1 Å². The molecular weight excluding hydrogens is 237 g/mol. The van der Waals surface area contributed by atoms with Gasteiger partial charge in [-0.05, 0) is 25.0 Å². The Morgan fingerprint density at radius 1 is 1.47 bits per heavy atom. The molecule has 0 amide bonds. The van der Waals surface area contributed by atoms with Crippen LogP contribution < -0.4 is 5.73 Å². The summed E-state index contributed by atoms with van der Waals surface area (Å²) in [5.41, 5.74) is 4.81. The van der Waals surface area contributed by atoms with Crippen molar-refractivity contribution in [3.05, 3.63) is 29.6 Å². The van der Waals surface area contributed by atoms with Crippen LogP contribution in [0.15, 0.2) is 18.3 Å². The number of nitrogens with zero attached hydrogens (tertiary/aromatic N) is 1. The lowest BCUT2D eigenvalue weighted by Gasteiger charge is -2.08. The molecule has 0 radical (unpaired) electrons. The highest BCUT2D eigenvalue weighted by molar-refractivity contribution is 5.72. The molecule has 0 saturated carbocycles. The van der Waals surface area contributed by atoms with E-state index >= 15 is 0 Å². The Hall–Kier alpha value is -1.63. The van der Waals surface area contributed by atoms with Crippen LogP contribution in [-0.4, -0.2) is 22.1 Å². The molecule has 94 valence electrons. The maximum absolute atomic E-state index is 12.2. The lowest BCUT2D eigenvalue weighted by atomic mass is 10.1. The average Bonchev–Trinajstić information content (AvgIpc) is 2.25. The van der Waals surface area contributed by atoms with E-state index in [1.54, 1.807) is 0 Å². The van der Waals surface area contributed by atoms with Crippen LogP contribution in [-0.2, 0) is 17.4 Å². The molecule has 4 nitrogen and oxygen atoms in total. The molecule has 0 fully saturated rings. The molecule has 0 aliphatic carbocycles. The van der Waals surface area contributed by atoms with Crippen LogP contribution in [0.25, 0.3) is 0 Å². The fraction of sp³-hybridized carbons (Fsp3) is 0.400. The van der Waals surface area contributed by atoms with Gasteiger partial charge in [0.1, 0.15) is 6.04 Å². The van der Waals surface area contributed by atoms with Gasteiger partial charge in [0, 0.05) is 11.9 Å². The predicted octanol–water partition coefficient (Wildman–Crippen LogP) is 1.44. The van der Waals surface area contributed by atoms with E-state index in [4.69, 9.17) is 10.8 Å². The van der Waals surface area contributed by atoms with Gasteiger partial charge < -0.3 is 10.8 Å². The molecule has 1 aromatic rings. The summed E-state index contributed by atoms with van der Waals surface area (Å²) in [4.78, 5) is 14.0. The highest BCUT2D eigenvalue weighted by atomic mass is 19.4. The zero-order valence-electron chi connectivity index (χ0n) is 8.74. The van der Waals surface area contributed by atoms with Crippen molar-refractivity contribution in [2.75, 3.05) is 0 Å². The Bertz CT molecular complexity index is 390. The Morgan fingerprint density at radius 2 is 2.12 bits per heavy atom. The number of halogens is 3. The molecule has 0 aliphatic heterocycles. The first kappa shape index (κ1) is 13.4. The molecule has 17 heavy (non-hydrogen) atoms. The van der Waals surface area contributed by atoms with Crippen LogP contribution in [0.2, 0.25) is 0 Å². The summed E-state index contributed by atoms with van der Waals surface area (Å²) >= 11 is 0. The van der Waals surface area contributed by atoms with E-state index in [9.17, 15) is 18.0 Å². The summed E-state index contributed by atoms with van der Waals surface area (Å²) in [7, 11) is 0. The SMILES string of the molecule is NC(CCc1ccc(C(F)(F)F)cn1)C(=O)O. The number of nitrogens with two attached hydrogens (primary N) is 1. The number of hydrogen-bond donors (Lipinski definition) is 2. The number of carbonyl (C=O) groups is 1. The molecule has 7 heteroatoms. The Labute approximate surface area is 95.3 Å². The molecule has 1 unspecified atom stereocenters. The first-order valence-electron chi connectivity index (χ1n) is 4.81. The number of carboxylic acids is 1. The van der Waals surface area contributed by atoms with Gasteiger partial charge in [0.25, 0.3) is 0 Å². The summed E-state index contributed by atoms with van der Waals surface area (Å²) in [5.74, 6) is -1.14. The third-order valence-electron chi connectivity index (χ3n) is 2.18. The van der Waals surface area contributed by atoms with Gasteiger partial charge in [0.05, 0.1) is 5.56 Å². The molecule has 0 aromatic carbocycles. The number of alkyl halides is 3.